The van der Waals surface area contributed by atoms with E-state index in [0.29, 0.717) is 18.7 Å². The van der Waals surface area contributed by atoms with Crippen LogP contribution in [0.2, 0.25) is 0 Å². The second-order valence-electron chi connectivity index (χ2n) is 5.54. The van der Waals surface area contributed by atoms with Crippen LogP contribution in [0.15, 0.2) is 9.59 Å². The molecule has 10 heteroatoms. The molecule has 1 aliphatic rings. The van der Waals surface area contributed by atoms with Gasteiger partial charge in [0.25, 0.3) is 5.56 Å². The number of nitrogens with one attached hydrogen (secondary N) is 3. The maximum Gasteiger partial charge on any atom is 0.325 e. The number of ether oxygens (including phenoxy) is 2. The van der Waals surface area contributed by atoms with Crippen LogP contribution in [0.1, 0.15) is 17.7 Å². The zero-order valence-electron chi connectivity index (χ0n) is 13.2. The number of carbonyl (C=O) groups is 2. The smallest absolute Gasteiger partial charge is 0.325 e. The molecule has 1 saturated heterocycles. The number of amides is 2. The van der Waals surface area contributed by atoms with Gasteiger partial charge in [-0.2, -0.15) is 0 Å². The Morgan fingerprint density at radius 3 is 2.79 bits per heavy atom. The highest BCUT2D eigenvalue weighted by Crippen LogP contribution is 2.12. The van der Waals surface area contributed by atoms with Crippen molar-refractivity contribution in [2.24, 2.45) is 5.73 Å². The summed E-state index contributed by atoms with van der Waals surface area (Å²) < 4.78 is 10.7. The molecule has 132 valence electrons. The van der Waals surface area contributed by atoms with Crippen LogP contribution in [0, 0.1) is 6.92 Å². The summed E-state index contributed by atoms with van der Waals surface area (Å²) >= 11 is 0. The molecule has 2 amide bonds. The van der Waals surface area contributed by atoms with Crippen molar-refractivity contribution in [3.05, 3.63) is 32.1 Å². The molecule has 5 N–H and O–H groups in total. The lowest BCUT2D eigenvalue weighted by molar-refractivity contribution is -0.131. The molecule has 10 nitrogen and oxygen atoms in total. The number of H-pyrrole nitrogens is 2. The summed E-state index contributed by atoms with van der Waals surface area (Å²) in [6, 6.07) is -0.451. The quantitative estimate of drug-likeness (QED) is 0.456. The minimum atomic E-state index is -0.623. The summed E-state index contributed by atoms with van der Waals surface area (Å²) in [7, 11) is 0. The fourth-order valence-electron chi connectivity index (χ4n) is 2.50. The number of aromatic amines is 2. The van der Waals surface area contributed by atoms with Crippen LogP contribution in [-0.4, -0.2) is 53.7 Å². The fraction of sp³-hybridized carbons (Fsp3) is 0.571. The second-order valence-corrected chi connectivity index (χ2v) is 5.54. The Kier molecular flexibility index (Phi) is 5.88. The number of rotatable bonds is 6. The molecule has 1 fully saturated rings. The van der Waals surface area contributed by atoms with Crippen molar-refractivity contribution in [1.29, 1.82) is 0 Å². The number of aromatic nitrogens is 2. The molecule has 2 atom stereocenters. The Morgan fingerprint density at radius 2 is 2.12 bits per heavy atom. The van der Waals surface area contributed by atoms with Gasteiger partial charge in [-0.3, -0.25) is 19.4 Å². The van der Waals surface area contributed by atoms with Crippen LogP contribution in [0.4, 0.5) is 0 Å². The van der Waals surface area contributed by atoms with Gasteiger partial charge in [0.05, 0.1) is 25.2 Å². The van der Waals surface area contributed by atoms with E-state index in [1.807, 2.05) is 0 Å². The third-order valence-corrected chi connectivity index (χ3v) is 3.67. The van der Waals surface area contributed by atoms with Crippen molar-refractivity contribution in [2.75, 3.05) is 19.8 Å². The molecular weight excluding hydrogens is 320 g/mol. The van der Waals surface area contributed by atoms with Gasteiger partial charge in [0.1, 0.15) is 6.61 Å². The highest BCUT2D eigenvalue weighted by molar-refractivity contribution is 5.79. The lowest BCUT2D eigenvalue weighted by atomic mass is 10.1. The Bertz CT molecular complexity index is 725. The van der Waals surface area contributed by atoms with Crippen molar-refractivity contribution in [2.45, 2.75) is 31.9 Å². The predicted molar refractivity (Wildman–Crippen MR) is 82.4 cm³/mol. The molecule has 1 aromatic rings. The van der Waals surface area contributed by atoms with Crippen molar-refractivity contribution in [3.8, 4) is 0 Å². The van der Waals surface area contributed by atoms with Crippen molar-refractivity contribution >= 4 is 11.8 Å². The SMILES string of the molecule is Cc1[nH]c(=O)[nH]c(=O)c1CC(=O)N[C@@H]1COCC[C@@H]1OCC(N)=O. The Balaban J connectivity index is 2.01. The minimum Gasteiger partial charge on any atom is -0.379 e. The van der Waals surface area contributed by atoms with Crippen LogP contribution in [0.3, 0.4) is 0 Å². The van der Waals surface area contributed by atoms with Crippen LogP contribution < -0.4 is 22.3 Å². The molecule has 0 bridgehead atoms. The first kappa shape index (κ1) is 17.9. The molecule has 1 aromatic heterocycles. The first-order valence-corrected chi connectivity index (χ1v) is 7.46. The first-order valence-electron chi connectivity index (χ1n) is 7.46. The summed E-state index contributed by atoms with van der Waals surface area (Å²) in [5.41, 5.74) is 4.34. The molecular formula is C14H20N4O6. The van der Waals surface area contributed by atoms with Gasteiger partial charge in [-0.1, -0.05) is 0 Å². The molecule has 0 spiro atoms. The normalized spacial score (nSPS) is 20.5. The Hall–Kier alpha value is -2.46. The number of hydrogen-bond acceptors (Lipinski definition) is 6. The van der Waals surface area contributed by atoms with E-state index in [4.69, 9.17) is 15.2 Å². The zero-order chi connectivity index (χ0) is 17.7. The molecule has 0 radical (unpaired) electrons. The highest BCUT2D eigenvalue weighted by atomic mass is 16.5. The molecule has 2 heterocycles. The number of primary amides is 1. The van der Waals surface area contributed by atoms with Gasteiger partial charge in [-0.05, 0) is 13.3 Å². The second kappa shape index (κ2) is 7.88. The lowest BCUT2D eigenvalue weighted by Crippen LogP contribution is -2.51. The highest BCUT2D eigenvalue weighted by Gasteiger charge is 2.28. The van der Waals surface area contributed by atoms with Gasteiger partial charge in [0.15, 0.2) is 0 Å². The largest absolute Gasteiger partial charge is 0.379 e. The molecule has 0 unspecified atom stereocenters. The van der Waals surface area contributed by atoms with Gasteiger partial charge >= 0.3 is 5.69 Å². The number of carbonyl (C=O) groups excluding carboxylic acids is 2. The predicted octanol–water partition coefficient (Wildman–Crippen LogP) is -2.31. The Labute approximate surface area is 136 Å². The van der Waals surface area contributed by atoms with Gasteiger partial charge in [0, 0.05) is 17.9 Å². The van der Waals surface area contributed by atoms with Crippen molar-refractivity contribution in [3.63, 3.8) is 0 Å². The Morgan fingerprint density at radius 1 is 1.38 bits per heavy atom. The number of hydrogen-bond donors (Lipinski definition) is 4. The third-order valence-electron chi connectivity index (χ3n) is 3.67. The minimum absolute atomic E-state index is 0.179. The first-order chi connectivity index (χ1) is 11.4. The molecule has 0 aromatic carbocycles. The summed E-state index contributed by atoms with van der Waals surface area (Å²) in [4.78, 5) is 50.5. The van der Waals surface area contributed by atoms with E-state index in [0.717, 1.165) is 0 Å². The van der Waals surface area contributed by atoms with E-state index in [1.165, 1.54) is 0 Å². The third kappa shape index (κ3) is 4.77. The molecule has 2 rings (SSSR count). The van der Waals surface area contributed by atoms with Gasteiger partial charge in [-0.25, -0.2) is 4.79 Å². The maximum absolute atomic E-state index is 12.2. The molecule has 24 heavy (non-hydrogen) atoms. The van der Waals surface area contributed by atoms with Crippen LogP contribution in [-0.2, 0) is 25.5 Å². The van der Waals surface area contributed by atoms with E-state index in [1.54, 1.807) is 6.92 Å². The fourth-order valence-corrected chi connectivity index (χ4v) is 2.50. The topological polar surface area (TPSA) is 156 Å². The maximum atomic E-state index is 12.2. The number of aryl methyl sites for hydroxylation is 1. The zero-order valence-corrected chi connectivity index (χ0v) is 13.2. The van der Waals surface area contributed by atoms with Gasteiger partial charge in [-0.15, -0.1) is 0 Å². The average Bonchev–Trinajstić information content (AvgIpc) is 2.50. The monoisotopic (exact) mass is 340 g/mol. The van der Waals surface area contributed by atoms with Crippen molar-refractivity contribution in [1.82, 2.24) is 15.3 Å². The van der Waals surface area contributed by atoms with E-state index in [-0.39, 0.29) is 25.2 Å². The van der Waals surface area contributed by atoms with Gasteiger partial charge < -0.3 is 25.5 Å². The van der Waals surface area contributed by atoms with Gasteiger partial charge in [0.2, 0.25) is 11.8 Å². The summed E-state index contributed by atoms with van der Waals surface area (Å²) in [6.45, 7) is 1.99. The van der Waals surface area contributed by atoms with Crippen LogP contribution in [0.25, 0.3) is 0 Å². The molecule has 1 aliphatic heterocycles. The van der Waals surface area contributed by atoms with Crippen LogP contribution >= 0.6 is 0 Å². The van der Waals surface area contributed by atoms with E-state index in [2.05, 4.69) is 15.3 Å². The van der Waals surface area contributed by atoms with Crippen LogP contribution in [0.5, 0.6) is 0 Å². The van der Waals surface area contributed by atoms with Crippen molar-refractivity contribution < 1.29 is 19.1 Å². The molecule has 0 aliphatic carbocycles. The average molecular weight is 340 g/mol. The summed E-state index contributed by atoms with van der Waals surface area (Å²) in [5, 5.41) is 2.72. The lowest BCUT2D eigenvalue weighted by Gasteiger charge is -2.31. The van der Waals surface area contributed by atoms with E-state index < -0.39 is 35.2 Å². The summed E-state index contributed by atoms with van der Waals surface area (Å²) in [5.74, 6) is -1.01. The van der Waals surface area contributed by atoms with E-state index >= 15 is 0 Å². The molecule has 0 saturated carbocycles. The summed E-state index contributed by atoms with van der Waals surface area (Å²) in [6.07, 6.45) is -0.0850. The standard InChI is InChI=1S/C14H20N4O6/c1-7-8(13(21)18-14(22)16-7)4-12(20)17-9-5-23-3-2-10(9)24-6-11(15)19/h9-10H,2-6H2,1H3,(H2,15,19)(H,17,20)(H2,16,18,21,22)/t9-,10+/m1/s1. The number of nitrogens with two attached hydrogens (primary N) is 1. The van der Waals surface area contributed by atoms with E-state index in [9.17, 15) is 19.2 Å².